The lowest BCUT2D eigenvalue weighted by atomic mass is 10.1. The van der Waals surface area contributed by atoms with Crippen molar-refractivity contribution in [3.8, 4) is 0 Å². The lowest BCUT2D eigenvalue weighted by molar-refractivity contribution is 0.590. The lowest BCUT2D eigenvalue weighted by Crippen LogP contribution is -2.24. The van der Waals surface area contributed by atoms with Gasteiger partial charge in [0.25, 0.3) is 0 Å². The molecule has 4 heteroatoms. The molecule has 2 aromatic heterocycles. The predicted octanol–water partition coefficient (Wildman–Crippen LogP) is 2.31. The summed E-state index contributed by atoms with van der Waals surface area (Å²) in [4.78, 5) is 5.77. The summed E-state index contributed by atoms with van der Waals surface area (Å²) >= 11 is 1.74. The van der Waals surface area contributed by atoms with Crippen molar-refractivity contribution in [1.82, 2.24) is 14.7 Å². The third-order valence-electron chi connectivity index (χ3n) is 3.43. The Kier molecular flexibility index (Phi) is 2.48. The van der Waals surface area contributed by atoms with Crippen LogP contribution in [0.15, 0.2) is 5.38 Å². The Morgan fingerprint density at radius 3 is 3.19 bits per heavy atom. The van der Waals surface area contributed by atoms with E-state index in [-0.39, 0.29) is 0 Å². The Balaban J connectivity index is 2.00. The maximum Gasteiger partial charge on any atom is 0.194 e. The molecule has 1 N–H and O–H groups in total. The quantitative estimate of drug-likeness (QED) is 0.865. The topological polar surface area (TPSA) is 29.3 Å². The predicted molar refractivity (Wildman–Crippen MR) is 67.3 cm³/mol. The first-order valence-corrected chi connectivity index (χ1v) is 6.79. The first kappa shape index (κ1) is 10.3. The van der Waals surface area contributed by atoms with Crippen LogP contribution in [0.3, 0.4) is 0 Å². The Morgan fingerprint density at radius 1 is 1.56 bits per heavy atom. The van der Waals surface area contributed by atoms with E-state index in [1.807, 2.05) is 0 Å². The molecule has 0 bridgehead atoms. The second kappa shape index (κ2) is 3.86. The van der Waals surface area contributed by atoms with Crippen LogP contribution in [0.25, 0.3) is 4.96 Å². The zero-order chi connectivity index (χ0) is 11.1. The first-order valence-electron chi connectivity index (χ1n) is 5.91. The van der Waals surface area contributed by atoms with E-state index in [4.69, 9.17) is 0 Å². The van der Waals surface area contributed by atoms with Gasteiger partial charge >= 0.3 is 0 Å². The number of aryl methyl sites for hydroxylation is 2. The SMILES string of the molecule is Cc1nc2scc(C)n2c1CC1CCCN1. The van der Waals surface area contributed by atoms with Crippen LogP contribution in [0.1, 0.15) is 29.9 Å². The minimum Gasteiger partial charge on any atom is -0.314 e. The molecule has 3 rings (SSSR count). The number of nitrogens with zero attached hydrogens (tertiary/aromatic N) is 2. The van der Waals surface area contributed by atoms with Crippen molar-refractivity contribution in [2.75, 3.05) is 6.54 Å². The van der Waals surface area contributed by atoms with Crippen LogP contribution in [-0.4, -0.2) is 22.0 Å². The second-order valence-corrected chi connectivity index (χ2v) is 5.47. The molecule has 0 amide bonds. The molecule has 0 aromatic carbocycles. The molecule has 1 aliphatic rings. The van der Waals surface area contributed by atoms with Gasteiger partial charge in [-0.1, -0.05) is 0 Å². The fourth-order valence-corrected chi connectivity index (χ4v) is 3.50. The molecule has 86 valence electrons. The van der Waals surface area contributed by atoms with Gasteiger partial charge in [-0.05, 0) is 33.2 Å². The van der Waals surface area contributed by atoms with E-state index in [0.29, 0.717) is 6.04 Å². The number of hydrogen-bond acceptors (Lipinski definition) is 3. The summed E-state index contributed by atoms with van der Waals surface area (Å²) in [6, 6.07) is 0.651. The fourth-order valence-electron chi connectivity index (χ4n) is 2.57. The smallest absolute Gasteiger partial charge is 0.194 e. The fraction of sp³-hybridized carbons (Fsp3) is 0.583. The first-order chi connectivity index (χ1) is 7.75. The van der Waals surface area contributed by atoms with Gasteiger partial charge in [0, 0.05) is 29.2 Å². The normalized spacial score (nSPS) is 21.0. The van der Waals surface area contributed by atoms with Crippen LogP contribution in [-0.2, 0) is 6.42 Å². The Bertz CT molecular complexity index is 506. The Morgan fingerprint density at radius 2 is 2.44 bits per heavy atom. The average molecular weight is 235 g/mol. The molecule has 0 aliphatic carbocycles. The minimum atomic E-state index is 0.651. The van der Waals surface area contributed by atoms with E-state index in [1.54, 1.807) is 11.3 Å². The van der Waals surface area contributed by atoms with Crippen molar-refractivity contribution in [3.05, 3.63) is 22.5 Å². The van der Waals surface area contributed by atoms with Crippen molar-refractivity contribution >= 4 is 16.3 Å². The molecule has 0 radical (unpaired) electrons. The number of imidazole rings is 1. The number of rotatable bonds is 2. The van der Waals surface area contributed by atoms with Gasteiger partial charge in [0.1, 0.15) is 0 Å². The lowest BCUT2D eigenvalue weighted by Gasteiger charge is -2.10. The van der Waals surface area contributed by atoms with E-state index in [2.05, 4.69) is 33.9 Å². The molecule has 1 fully saturated rings. The third-order valence-corrected chi connectivity index (χ3v) is 4.38. The van der Waals surface area contributed by atoms with Crippen LogP contribution in [0.5, 0.6) is 0 Å². The van der Waals surface area contributed by atoms with Crippen LogP contribution in [0.2, 0.25) is 0 Å². The molecular weight excluding hydrogens is 218 g/mol. The molecule has 1 aliphatic heterocycles. The van der Waals surface area contributed by atoms with Gasteiger partial charge < -0.3 is 5.32 Å². The zero-order valence-electron chi connectivity index (χ0n) is 9.79. The van der Waals surface area contributed by atoms with E-state index in [9.17, 15) is 0 Å². The molecule has 1 saturated heterocycles. The number of thiazole rings is 1. The molecule has 0 spiro atoms. The molecule has 1 atom stereocenters. The molecular formula is C12H17N3S. The van der Waals surface area contributed by atoms with Crippen molar-refractivity contribution in [2.45, 2.75) is 39.2 Å². The average Bonchev–Trinajstić information content (AvgIpc) is 2.91. The van der Waals surface area contributed by atoms with E-state index in [0.717, 1.165) is 11.4 Å². The summed E-state index contributed by atoms with van der Waals surface area (Å²) in [6.45, 7) is 5.47. The maximum atomic E-state index is 4.63. The summed E-state index contributed by atoms with van der Waals surface area (Å²) in [5, 5.41) is 5.75. The maximum absolute atomic E-state index is 4.63. The van der Waals surface area contributed by atoms with Crippen LogP contribution >= 0.6 is 11.3 Å². The van der Waals surface area contributed by atoms with Crippen molar-refractivity contribution in [2.24, 2.45) is 0 Å². The summed E-state index contributed by atoms with van der Waals surface area (Å²) in [5.74, 6) is 0. The summed E-state index contributed by atoms with van der Waals surface area (Å²) in [6.07, 6.45) is 3.73. The van der Waals surface area contributed by atoms with Crippen LogP contribution in [0.4, 0.5) is 0 Å². The van der Waals surface area contributed by atoms with Gasteiger partial charge in [0.15, 0.2) is 4.96 Å². The van der Waals surface area contributed by atoms with Crippen LogP contribution < -0.4 is 5.32 Å². The highest BCUT2D eigenvalue weighted by Crippen LogP contribution is 2.22. The number of hydrogen-bond donors (Lipinski definition) is 1. The summed E-state index contributed by atoms with van der Waals surface area (Å²) in [5.41, 5.74) is 3.91. The molecule has 3 heterocycles. The highest BCUT2D eigenvalue weighted by Gasteiger charge is 2.19. The monoisotopic (exact) mass is 235 g/mol. The van der Waals surface area contributed by atoms with Crippen LogP contribution in [0, 0.1) is 13.8 Å². The van der Waals surface area contributed by atoms with Gasteiger partial charge in [-0.15, -0.1) is 11.3 Å². The van der Waals surface area contributed by atoms with E-state index < -0.39 is 0 Å². The highest BCUT2D eigenvalue weighted by atomic mass is 32.1. The van der Waals surface area contributed by atoms with Gasteiger partial charge in [-0.25, -0.2) is 4.98 Å². The number of nitrogens with one attached hydrogen (secondary N) is 1. The van der Waals surface area contributed by atoms with Gasteiger partial charge in [-0.3, -0.25) is 4.40 Å². The molecule has 16 heavy (non-hydrogen) atoms. The Hall–Kier alpha value is -0.870. The standard InChI is InChI=1S/C12H17N3S/c1-8-7-16-12-14-9(2)11(15(8)12)6-10-4-3-5-13-10/h7,10,13H,3-6H2,1-2H3. The van der Waals surface area contributed by atoms with Gasteiger partial charge in [0.05, 0.1) is 5.69 Å². The van der Waals surface area contributed by atoms with E-state index >= 15 is 0 Å². The molecule has 0 saturated carbocycles. The zero-order valence-corrected chi connectivity index (χ0v) is 10.6. The highest BCUT2D eigenvalue weighted by molar-refractivity contribution is 7.15. The minimum absolute atomic E-state index is 0.651. The molecule has 1 unspecified atom stereocenters. The molecule has 2 aromatic rings. The van der Waals surface area contributed by atoms with Crippen molar-refractivity contribution < 1.29 is 0 Å². The third kappa shape index (κ3) is 1.57. The number of fused-ring (bicyclic) bond motifs is 1. The van der Waals surface area contributed by atoms with Gasteiger partial charge in [0.2, 0.25) is 0 Å². The summed E-state index contributed by atoms with van der Waals surface area (Å²) in [7, 11) is 0. The second-order valence-electron chi connectivity index (χ2n) is 4.64. The largest absolute Gasteiger partial charge is 0.314 e. The molecule has 3 nitrogen and oxygen atoms in total. The van der Waals surface area contributed by atoms with Gasteiger partial charge in [-0.2, -0.15) is 0 Å². The summed E-state index contributed by atoms with van der Waals surface area (Å²) < 4.78 is 2.32. The Labute approximate surface area is 99.5 Å². The van der Waals surface area contributed by atoms with E-state index in [1.165, 1.54) is 36.5 Å². The number of aromatic nitrogens is 2. The van der Waals surface area contributed by atoms with Crippen molar-refractivity contribution in [1.29, 1.82) is 0 Å². The van der Waals surface area contributed by atoms with Crippen molar-refractivity contribution in [3.63, 3.8) is 0 Å².